The lowest BCUT2D eigenvalue weighted by Gasteiger charge is -1.95. The number of nitrogens with zero attached hydrogens (tertiary/aromatic N) is 3. The monoisotopic (exact) mass is 244 g/mol. The first kappa shape index (κ1) is 11.8. The highest BCUT2D eigenvalue weighted by atomic mass is 32.2. The van der Waals surface area contributed by atoms with Gasteiger partial charge in [0.1, 0.15) is 0 Å². The fraction of sp³-hybridized carbons (Fsp3) is 0.286. The van der Waals surface area contributed by atoms with Crippen molar-refractivity contribution < 1.29 is 0 Å². The van der Waals surface area contributed by atoms with Crippen molar-refractivity contribution in [1.82, 2.24) is 4.98 Å². The number of hydrogen-bond acceptors (Lipinski definition) is 5. The van der Waals surface area contributed by atoms with Crippen molar-refractivity contribution in [2.24, 2.45) is 27.2 Å². The van der Waals surface area contributed by atoms with Gasteiger partial charge >= 0.3 is 0 Å². The molecule has 1 rings (SSSR count). The van der Waals surface area contributed by atoms with E-state index in [1.165, 1.54) is 23.1 Å². The van der Waals surface area contributed by atoms with E-state index in [0.717, 1.165) is 5.69 Å². The molecule has 6 N–H and O–H groups in total. The fourth-order valence-corrected chi connectivity index (χ4v) is 2.12. The molecule has 1 aromatic heterocycles. The Labute approximate surface area is 95.7 Å². The zero-order valence-corrected chi connectivity index (χ0v) is 9.81. The van der Waals surface area contributed by atoms with E-state index >= 15 is 0 Å². The van der Waals surface area contributed by atoms with Gasteiger partial charge in [-0.2, -0.15) is 4.99 Å². The topological polar surface area (TPSA) is 116 Å². The Balaban J connectivity index is 2.57. The average molecular weight is 244 g/mol. The highest BCUT2D eigenvalue weighted by molar-refractivity contribution is 8.13. The van der Waals surface area contributed by atoms with Crippen LogP contribution in [0.3, 0.4) is 0 Å². The summed E-state index contributed by atoms with van der Waals surface area (Å²) in [7, 11) is 1.65. The standard InChI is InChI=1S/C7H12N6S2/c1-11-6(10)14-2-4-3-15-7(12-4)13-5(8)9/h3H,2H2,1H3,(H2,10,11)(H4,8,9,12,13). The molecule has 82 valence electrons. The summed E-state index contributed by atoms with van der Waals surface area (Å²) in [5.74, 6) is 0.679. The maximum Gasteiger partial charge on any atom is 0.212 e. The van der Waals surface area contributed by atoms with Gasteiger partial charge in [0, 0.05) is 18.2 Å². The molecular formula is C7H12N6S2. The number of nitrogens with two attached hydrogens (primary N) is 3. The Morgan fingerprint density at radius 3 is 2.87 bits per heavy atom. The summed E-state index contributed by atoms with van der Waals surface area (Å²) < 4.78 is 0. The molecule has 1 aromatic rings. The molecule has 0 bridgehead atoms. The Bertz CT molecular complexity index is 379. The summed E-state index contributed by atoms with van der Waals surface area (Å²) in [5, 5.41) is 2.97. The van der Waals surface area contributed by atoms with Crippen LogP contribution in [0.25, 0.3) is 0 Å². The molecule has 15 heavy (non-hydrogen) atoms. The van der Waals surface area contributed by atoms with E-state index in [1.54, 1.807) is 7.05 Å². The van der Waals surface area contributed by atoms with Gasteiger partial charge < -0.3 is 17.2 Å². The lowest BCUT2D eigenvalue weighted by atomic mass is 10.6. The molecule has 0 saturated heterocycles. The van der Waals surface area contributed by atoms with Gasteiger partial charge in [-0.05, 0) is 0 Å². The predicted molar refractivity (Wildman–Crippen MR) is 66.4 cm³/mol. The number of thiazole rings is 1. The summed E-state index contributed by atoms with van der Waals surface area (Å²) in [5.41, 5.74) is 16.9. The van der Waals surface area contributed by atoms with Crippen LogP contribution in [-0.4, -0.2) is 23.2 Å². The second-order valence-corrected chi connectivity index (χ2v) is 4.34. The maximum atomic E-state index is 5.53. The van der Waals surface area contributed by atoms with Crippen molar-refractivity contribution in [3.05, 3.63) is 11.1 Å². The van der Waals surface area contributed by atoms with Crippen LogP contribution >= 0.6 is 23.1 Å². The van der Waals surface area contributed by atoms with Crippen LogP contribution < -0.4 is 17.2 Å². The van der Waals surface area contributed by atoms with E-state index in [0.29, 0.717) is 16.1 Å². The molecule has 0 unspecified atom stereocenters. The predicted octanol–water partition coefficient (Wildman–Crippen LogP) is 0.226. The van der Waals surface area contributed by atoms with E-state index < -0.39 is 0 Å². The van der Waals surface area contributed by atoms with Crippen molar-refractivity contribution in [3.63, 3.8) is 0 Å². The second-order valence-electron chi connectivity index (χ2n) is 2.51. The highest BCUT2D eigenvalue weighted by Gasteiger charge is 2.02. The number of rotatable bonds is 3. The first-order valence-corrected chi connectivity index (χ1v) is 5.87. The van der Waals surface area contributed by atoms with Crippen molar-refractivity contribution in [3.8, 4) is 0 Å². The molecule has 0 atom stereocenters. The number of amidine groups is 1. The van der Waals surface area contributed by atoms with E-state index in [-0.39, 0.29) is 5.96 Å². The van der Waals surface area contributed by atoms with E-state index in [9.17, 15) is 0 Å². The molecule has 6 nitrogen and oxygen atoms in total. The summed E-state index contributed by atoms with van der Waals surface area (Å²) in [6, 6.07) is 0. The van der Waals surface area contributed by atoms with E-state index in [1.807, 2.05) is 5.38 Å². The number of aromatic nitrogens is 1. The van der Waals surface area contributed by atoms with Crippen LogP contribution in [0.5, 0.6) is 0 Å². The summed E-state index contributed by atoms with van der Waals surface area (Å²) in [6.07, 6.45) is 0. The van der Waals surface area contributed by atoms with Gasteiger partial charge in [-0.3, -0.25) is 4.99 Å². The van der Waals surface area contributed by atoms with Crippen molar-refractivity contribution in [1.29, 1.82) is 0 Å². The molecule has 8 heteroatoms. The maximum absolute atomic E-state index is 5.53. The second kappa shape index (κ2) is 5.56. The van der Waals surface area contributed by atoms with Gasteiger partial charge in [0.2, 0.25) is 5.13 Å². The quantitative estimate of drug-likeness (QED) is 0.520. The molecule has 0 radical (unpaired) electrons. The Morgan fingerprint density at radius 1 is 1.53 bits per heavy atom. The van der Waals surface area contributed by atoms with Gasteiger partial charge in [0.05, 0.1) is 5.69 Å². The molecule has 0 aliphatic heterocycles. The van der Waals surface area contributed by atoms with Gasteiger partial charge in [0.15, 0.2) is 11.1 Å². The Kier molecular flexibility index (Phi) is 4.37. The Hall–Kier alpha value is -1.28. The van der Waals surface area contributed by atoms with Crippen LogP contribution in [-0.2, 0) is 5.75 Å². The Morgan fingerprint density at radius 2 is 2.27 bits per heavy atom. The van der Waals surface area contributed by atoms with Gasteiger partial charge in [-0.15, -0.1) is 11.3 Å². The zero-order chi connectivity index (χ0) is 11.3. The van der Waals surface area contributed by atoms with E-state index in [4.69, 9.17) is 17.2 Å². The lowest BCUT2D eigenvalue weighted by molar-refractivity contribution is 1.21. The number of guanidine groups is 1. The average Bonchev–Trinajstić information content (AvgIpc) is 2.61. The summed E-state index contributed by atoms with van der Waals surface area (Å²) in [6.45, 7) is 0. The molecule has 0 aliphatic rings. The van der Waals surface area contributed by atoms with Gasteiger partial charge in [-0.1, -0.05) is 11.8 Å². The molecule has 0 fully saturated rings. The van der Waals surface area contributed by atoms with Gasteiger partial charge in [-0.25, -0.2) is 4.98 Å². The first-order chi connectivity index (χ1) is 7.11. The third kappa shape index (κ3) is 4.17. The van der Waals surface area contributed by atoms with Crippen LogP contribution in [0.4, 0.5) is 5.13 Å². The molecule has 0 saturated carbocycles. The smallest absolute Gasteiger partial charge is 0.212 e. The van der Waals surface area contributed by atoms with Crippen molar-refractivity contribution in [2.75, 3.05) is 7.05 Å². The first-order valence-electron chi connectivity index (χ1n) is 4.01. The number of thioether (sulfide) groups is 1. The SMILES string of the molecule is CN=C(N)SCc1csc(N=C(N)N)n1. The molecular weight excluding hydrogens is 232 g/mol. The molecule has 0 aliphatic carbocycles. The molecule has 0 aromatic carbocycles. The lowest BCUT2D eigenvalue weighted by Crippen LogP contribution is -2.21. The molecule has 0 spiro atoms. The molecule has 1 heterocycles. The fourth-order valence-electron chi connectivity index (χ4n) is 0.737. The number of hydrogen-bond donors (Lipinski definition) is 3. The summed E-state index contributed by atoms with van der Waals surface area (Å²) in [4.78, 5) is 11.9. The van der Waals surface area contributed by atoms with E-state index in [2.05, 4.69) is 15.0 Å². The van der Waals surface area contributed by atoms with Crippen LogP contribution in [0.2, 0.25) is 0 Å². The minimum absolute atomic E-state index is 0.0122. The van der Waals surface area contributed by atoms with Crippen LogP contribution in [0, 0.1) is 0 Å². The number of aliphatic imine (C=N–C) groups is 2. The largest absolute Gasteiger partial charge is 0.379 e. The van der Waals surface area contributed by atoms with Gasteiger partial charge in [0.25, 0.3) is 0 Å². The highest BCUT2D eigenvalue weighted by Crippen LogP contribution is 2.21. The summed E-state index contributed by atoms with van der Waals surface area (Å²) >= 11 is 2.81. The van der Waals surface area contributed by atoms with Crippen LogP contribution in [0.1, 0.15) is 5.69 Å². The third-order valence-corrected chi connectivity index (χ3v) is 3.05. The normalized spacial score (nSPS) is 11.4. The molecule has 0 amide bonds. The van der Waals surface area contributed by atoms with Crippen LogP contribution in [0.15, 0.2) is 15.4 Å². The van der Waals surface area contributed by atoms with Crippen molar-refractivity contribution >= 4 is 39.4 Å². The zero-order valence-electron chi connectivity index (χ0n) is 8.17. The minimum atomic E-state index is 0.0122. The third-order valence-electron chi connectivity index (χ3n) is 1.35. The van der Waals surface area contributed by atoms with Crippen molar-refractivity contribution in [2.45, 2.75) is 5.75 Å². The minimum Gasteiger partial charge on any atom is -0.379 e.